The van der Waals surface area contributed by atoms with Gasteiger partial charge in [-0.1, -0.05) is 35.9 Å². The maximum absolute atomic E-state index is 12.5. The number of rotatable bonds is 5. The molecule has 1 fully saturated rings. The van der Waals surface area contributed by atoms with E-state index in [2.05, 4.69) is 4.98 Å². The van der Waals surface area contributed by atoms with Crippen LogP contribution in [0.5, 0.6) is 0 Å². The average Bonchev–Trinajstić information content (AvgIpc) is 3.15. The highest BCUT2D eigenvalue weighted by molar-refractivity contribution is 6.31. The minimum absolute atomic E-state index is 0.0605. The number of hydrogen-bond donors (Lipinski definition) is 0. The lowest BCUT2D eigenvalue weighted by Gasteiger charge is -2.38. The number of anilines is 1. The number of nitrogens with zero attached hydrogens (tertiary/aromatic N) is 5. The van der Waals surface area contributed by atoms with E-state index in [-0.39, 0.29) is 5.82 Å². The molecule has 30 heavy (non-hydrogen) atoms. The molecule has 1 atom stereocenters. The minimum atomic E-state index is -0.637. The molecule has 4 rings (SSSR count). The second-order valence-corrected chi connectivity index (χ2v) is 7.32. The summed E-state index contributed by atoms with van der Waals surface area (Å²) in [5, 5.41) is 12.2. The third-order valence-corrected chi connectivity index (χ3v) is 5.61. The average molecular weight is 430 g/mol. The molecule has 0 N–H and O–H groups in total. The summed E-state index contributed by atoms with van der Waals surface area (Å²) in [5.74, 6) is -0.122. The topological polar surface area (TPSA) is 93.2 Å². The fourth-order valence-corrected chi connectivity index (χ4v) is 4.06. The standard InChI is InChI=1S/C20H20ClN5O4/c1-30-20(27)17(14-6-2-3-7-15(14)21)23-10-12-24(13-11-23)18-19(26(28)29)25-9-5-4-8-16(25)22-18/h2-9,17H,10-13H2,1H3. The number of halogens is 1. The van der Waals surface area contributed by atoms with E-state index in [1.807, 2.05) is 21.9 Å². The number of carbonyl (C=O) groups is 1. The van der Waals surface area contributed by atoms with Crippen molar-refractivity contribution < 1.29 is 14.5 Å². The van der Waals surface area contributed by atoms with Gasteiger partial charge in [-0.3, -0.25) is 4.90 Å². The Bertz CT molecular complexity index is 1090. The number of esters is 1. The van der Waals surface area contributed by atoms with E-state index in [4.69, 9.17) is 16.3 Å². The molecule has 1 aliphatic rings. The van der Waals surface area contributed by atoms with Gasteiger partial charge in [-0.05, 0) is 22.6 Å². The number of hydrogen-bond acceptors (Lipinski definition) is 7. The van der Waals surface area contributed by atoms with Crippen molar-refractivity contribution in [2.75, 3.05) is 38.2 Å². The fourth-order valence-electron chi connectivity index (χ4n) is 3.83. The number of pyridine rings is 1. The summed E-state index contributed by atoms with van der Waals surface area (Å²) in [6.45, 7) is 1.94. The Hall–Kier alpha value is -3.17. The van der Waals surface area contributed by atoms with Crippen LogP contribution in [0.3, 0.4) is 0 Å². The number of methoxy groups -OCH3 is 1. The number of piperazine rings is 1. The first-order valence-corrected chi connectivity index (χ1v) is 9.81. The van der Waals surface area contributed by atoms with Crippen LogP contribution in [0.25, 0.3) is 5.65 Å². The van der Waals surface area contributed by atoms with Crippen molar-refractivity contribution in [2.45, 2.75) is 6.04 Å². The van der Waals surface area contributed by atoms with Crippen LogP contribution >= 0.6 is 11.6 Å². The first-order valence-electron chi connectivity index (χ1n) is 9.44. The summed E-state index contributed by atoms with van der Waals surface area (Å²) in [6.07, 6.45) is 1.63. The van der Waals surface area contributed by atoms with Crippen LogP contribution in [0.15, 0.2) is 48.7 Å². The normalized spacial score (nSPS) is 15.9. The molecule has 1 saturated heterocycles. The highest BCUT2D eigenvalue weighted by Gasteiger charge is 2.35. The SMILES string of the molecule is COC(=O)C(c1ccccc1Cl)N1CCN(c2nc3ccccn3c2[N+](=O)[O-])CC1. The Kier molecular flexibility index (Phi) is 5.56. The van der Waals surface area contributed by atoms with Crippen LogP contribution in [-0.2, 0) is 9.53 Å². The van der Waals surface area contributed by atoms with Crippen LogP contribution in [-0.4, -0.2) is 58.5 Å². The largest absolute Gasteiger partial charge is 0.468 e. The van der Waals surface area contributed by atoms with E-state index in [0.29, 0.717) is 48.2 Å². The van der Waals surface area contributed by atoms with Crippen molar-refractivity contribution in [1.29, 1.82) is 0 Å². The van der Waals surface area contributed by atoms with Gasteiger partial charge in [0.05, 0.1) is 13.3 Å². The zero-order valence-corrected chi connectivity index (χ0v) is 17.0. The second kappa shape index (κ2) is 8.29. The molecule has 0 bridgehead atoms. The zero-order valence-electron chi connectivity index (χ0n) is 16.3. The lowest BCUT2D eigenvalue weighted by molar-refractivity contribution is -0.389. The summed E-state index contributed by atoms with van der Waals surface area (Å²) < 4.78 is 6.49. The van der Waals surface area contributed by atoms with E-state index in [1.165, 1.54) is 11.5 Å². The van der Waals surface area contributed by atoms with E-state index >= 15 is 0 Å². The van der Waals surface area contributed by atoms with Gasteiger partial charge in [0, 0.05) is 37.3 Å². The van der Waals surface area contributed by atoms with Crippen LogP contribution in [0, 0.1) is 10.1 Å². The molecule has 10 heteroatoms. The highest BCUT2D eigenvalue weighted by Crippen LogP contribution is 2.33. The van der Waals surface area contributed by atoms with Gasteiger partial charge in [-0.25, -0.2) is 4.79 Å². The molecule has 1 aromatic carbocycles. The van der Waals surface area contributed by atoms with E-state index in [9.17, 15) is 14.9 Å². The molecule has 1 aliphatic heterocycles. The summed E-state index contributed by atoms with van der Waals surface area (Å²) in [5.41, 5.74) is 1.20. The van der Waals surface area contributed by atoms with E-state index in [1.54, 1.807) is 36.5 Å². The van der Waals surface area contributed by atoms with Gasteiger partial charge in [-0.2, -0.15) is 9.38 Å². The molecular weight excluding hydrogens is 410 g/mol. The van der Waals surface area contributed by atoms with Gasteiger partial charge in [-0.15, -0.1) is 0 Å². The Morgan fingerprint density at radius 3 is 2.53 bits per heavy atom. The van der Waals surface area contributed by atoms with Crippen molar-refractivity contribution in [3.05, 3.63) is 69.4 Å². The van der Waals surface area contributed by atoms with E-state index in [0.717, 1.165) is 0 Å². The van der Waals surface area contributed by atoms with Crippen LogP contribution < -0.4 is 4.90 Å². The Balaban J connectivity index is 1.60. The van der Waals surface area contributed by atoms with Gasteiger partial charge in [0.25, 0.3) is 0 Å². The van der Waals surface area contributed by atoms with Crippen molar-refractivity contribution in [3.8, 4) is 0 Å². The number of imidazole rings is 1. The number of nitro groups is 1. The molecule has 3 heterocycles. The van der Waals surface area contributed by atoms with Gasteiger partial charge in [0.1, 0.15) is 6.04 Å². The monoisotopic (exact) mass is 429 g/mol. The first kappa shape index (κ1) is 20.1. The number of fused-ring (bicyclic) bond motifs is 1. The molecule has 3 aromatic rings. The van der Waals surface area contributed by atoms with Crippen LogP contribution in [0.4, 0.5) is 11.6 Å². The predicted octanol–water partition coefficient (Wildman–Crippen LogP) is 2.93. The van der Waals surface area contributed by atoms with Gasteiger partial charge in [0.15, 0.2) is 0 Å². The zero-order chi connectivity index (χ0) is 21.3. The number of ether oxygens (including phenoxy) is 1. The van der Waals surface area contributed by atoms with Crippen molar-refractivity contribution >= 4 is 34.9 Å². The predicted molar refractivity (Wildman–Crippen MR) is 112 cm³/mol. The summed E-state index contributed by atoms with van der Waals surface area (Å²) >= 11 is 6.33. The van der Waals surface area contributed by atoms with Gasteiger partial charge >= 0.3 is 11.8 Å². The molecule has 0 spiro atoms. The maximum Gasteiger partial charge on any atom is 0.372 e. The van der Waals surface area contributed by atoms with Crippen molar-refractivity contribution in [3.63, 3.8) is 0 Å². The number of carbonyl (C=O) groups excluding carboxylic acids is 1. The highest BCUT2D eigenvalue weighted by atomic mass is 35.5. The molecule has 2 aromatic heterocycles. The maximum atomic E-state index is 12.5. The van der Waals surface area contributed by atoms with Gasteiger partial charge < -0.3 is 19.8 Å². The Morgan fingerprint density at radius 2 is 1.87 bits per heavy atom. The molecule has 0 saturated carbocycles. The minimum Gasteiger partial charge on any atom is -0.468 e. The van der Waals surface area contributed by atoms with Crippen LogP contribution in [0.2, 0.25) is 5.02 Å². The Labute approximate surface area is 177 Å². The van der Waals surface area contributed by atoms with Crippen LogP contribution in [0.1, 0.15) is 11.6 Å². The summed E-state index contributed by atoms with van der Waals surface area (Å²) in [6, 6.07) is 11.8. The summed E-state index contributed by atoms with van der Waals surface area (Å²) in [4.78, 5) is 32.1. The van der Waals surface area contributed by atoms with Crippen molar-refractivity contribution in [1.82, 2.24) is 14.3 Å². The fraction of sp³-hybridized carbons (Fsp3) is 0.300. The number of benzene rings is 1. The smallest absolute Gasteiger partial charge is 0.372 e. The van der Waals surface area contributed by atoms with Crippen molar-refractivity contribution in [2.24, 2.45) is 0 Å². The third-order valence-electron chi connectivity index (χ3n) is 5.26. The molecule has 1 unspecified atom stereocenters. The molecule has 0 radical (unpaired) electrons. The molecular formula is C20H20ClN5O4. The van der Waals surface area contributed by atoms with E-state index < -0.39 is 16.9 Å². The third kappa shape index (κ3) is 3.57. The lowest BCUT2D eigenvalue weighted by Crippen LogP contribution is -2.49. The molecule has 9 nitrogen and oxygen atoms in total. The summed E-state index contributed by atoms with van der Waals surface area (Å²) in [7, 11) is 1.35. The second-order valence-electron chi connectivity index (χ2n) is 6.92. The molecule has 0 amide bonds. The quantitative estimate of drug-likeness (QED) is 0.349. The van der Waals surface area contributed by atoms with Gasteiger partial charge in [0.2, 0.25) is 11.5 Å². The Morgan fingerprint density at radius 1 is 1.17 bits per heavy atom. The molecule has 0 aliphatic carbocycles. The molecule has 156 valence electrons. The first-order chi connectivity index (χ1) is 14.5. The lowest BCUT2D eigenvalue weighted by atomic mass is 10.0. The number of aromatic nitrogens is 2.